The van der Waals surface area contributed by atoms with Gasteiger partial charge < -0.3 is 5.11 Å². The number of aliphatic hydroxyl groups excluding tert-OH is 1. The van der Waals surface area contributed by atoms with Crippen LogP contribution in [0.4, 0.5) is 0 Å². The first-order chi connectivity index (χ1) is 4.22. The molecular formula is C6H7NO2. The lowest BCUT2D eigenvalue weighted by molar-refractivity contribution is -0.118. The van der Waals surface area contributed by atoms with Crippen molar-refractivity contribution < 1.29 is 9.90 Å². The van der Waals surface area contributed by atoms with Crippen LogP contribution in [-0.2, 0) is 4.79 Å². The monoisotopic (exact) mass is 125 g/mol. The highest BCUT2D eigenvalue weighted by molar-refractivity contribution is 6.41. The third-order valence-electron chi connectivity index (χ3n) is 1.16. The van der Waals surface area contributed by atoms with Crippen LogP contribution in [0.2, 0.25) is 0 Å². The first kappa shape index (κ1) is 6.16. The van der Waals surface area contributed by atoms with E-state index in [4.69, 9.17) is 5.11 Å². The second kappa shape index (κ2) is 2.11. The van der Waals surface area contributed by atoms with Crippen molar-refractivity contribution in [2.45, 2.75) is 13.0 Å². The van der Waals surface area contributed by atoms with Crippen LogP contribution in [0.3, 0.4) is 0 Å². The average Bonchev–Trinajstić information content (AvgIpc) is 1.83. The van der Waals surface area contributed by atoms with Crippen molar-refractivity contribution in [3.63, 3.8) is 0 Å². The van der Waals surface area contributed by atoms with Crippen LogP contribution < -0.4 is 0 Å². The van der Waals surface area contributed by atoms with Crippen molar-refractivity contribution >= 4 is 11.5 Å². The van der Waals surface area contributed by atoms with E-state index in [1.165, 1.54) is 12.3 Å². The summed E-state index contributed by atoms with van der Waals surface area (Å²) in [4.78, 5) is 14.4. The van der Waals surface area contributed by atoms with E-state index in [-0.39, 0.29) is 5.78 Å². The van der Waals surface area contributed by atoms with Gasteiger partial charge in [-0.05, 0) is 13.0 Å². The molecule has 0 amide bonds. The summed E-state index contributed by atoms with van der Waals surface area (Å²) in [6.45, 7) is 1.58. The van der Waals surface area contributed by atoms with E-state index >= 15 is 0 Å². The summed E-state index contributed by atoms with van der Waals surface area (Å²) >= 11 is 0. The Morgan fingerprint density at radius 3 is 2.89 bits per heavy atom. The lowest BCUT2D eigenvalue weighted by atomic mass is 10.1. The summed E-state index contributed by atoms with van der Waals surface area (Å²) in [5.41, 5.74) is 0.366. The number of aliphatic imine (C=N–C) groups is 1. The van der Waals surface area contributed by atoms with Gasteiger partial charge in [0, 0.05) is 6.20 Å². The molecule has 0 saturated carbocycles. The number of carbonyl (C=O) groups is 1. The van der Waals surface area contributed by atoms with Gasteiger partial charge >= 0.3 is 0 Å². The van der Waals surface area contributed by atoms with E-state index in [1.54, 1.807) is 6.92 Å². The van der Waals surface area contributed by atoms with Crippen LogP contribution in [0.1, 0.15) is 6.92 Å². The SMILES string of the molecule is CC1=NC=CC(O)C1=O. The molecule has 1 atom stereocenters. The standard InChI is InChI=1S/C6H7NO2/c1-4-6(9)5(8)2-3-7-4/h2-3,5,8H,1H3. The van der Waals surface area contributed by atoms with E-state index < -0.39 is 6.10 Å². The second-order valence-electron chi connectivity index (χ2n) is 1.87. The third-order valence-corrected chi connectivity index (χ3v) is 1.16. The number of rotatable bonds is 0. The van der Waals surface area contributed by atoms with Crippen molar-refractivity contribution in [2.75, 3.05) is 0 Å². The number of aliphatic hydroxyl groups is 1. The van der Waals surface area contributed by atoms with Crippen molar-refractivity contribution in [3.05, 3.63) is 12.3 Å². The van der Waals surface area contributed by atoms with Gasteiger partial charge in [0.1, 0.15) is 6.10 Å². The summed E-state index contributed by atoms with van der Waals surface area (Å²) in [5, 5.41) is 8.83. The molecule has 0 radical (unpaired) electrons. The third kappa shape index (κ3) is 1.05. The molecule has 1 aliphatic rings. The molecular weight excluding hydrogens is 118 g/mol. The van der Waals surface area contributed by atoms with Crippen LogP contribution >= 0.6 is 0 Å². The van der Waals surface area contributed by atoms with Gasteiger partial charge in [0.25, 0.3) is 0 Å². The highest BCUT2D eigenvalue weighted by atomic mass is 16.3. The van der Waals surface area contributed by atoms with Gasteiger partial charge in [-0.15, -0.1) is 0 Å². The zero-order valence-electron chi connectivity index (χ0n) is 5.03. The minimum atomic E-state index is -0.970. The van der Waals surface area contributed by atoms with Crippen LogP contribution in [-0.4, -0.2) is 22.7 Å². The largest absolute Gasteiger partial charge is 0.381 e. The Balaban J connectivity index is 2.86. The maximum absolute atomic E-state index is 10.7. The predicted octanol–water partition coefficient (Wildman–Crippen LogP) is -0.0954. The Morgan fingerprint density at radius 1 is 1.78 bits per heavy atom. The summed E-state index contributed by atoms with van der Waals surface area (Å²) in [6, 6.07) is 0. The number of hydrogen-bond acceptors (Lipinski definition) is 3. The smallest absolute Gasteiger partial charge is 0.209 e. The normalized spacial score (nSPS) is 26.2. The van der Waals surface area contributed by atoms with Crippen molar-refractivity contribution in [1.82, 2.24) is 0 Å². The number of hydrogen-bond donors (Lipinski definition) is 1. The summed E-state index contributed by atoms with van der Waals surface area (Å²) in [5.74, 6) is -0.308. The lowest BCUT2D eigenvalue weighted by Crippen LogP contribution is -2.26. The van der Waals surface area contributed by atoms with E-state index in [0.717, 1.165) is 0 Å². The van der Waals surface area contributed by atoms with Gasteiger partial charge in [0.2, 0.25) is 5.78 Å². The number of nitrogens with zero attached hydrogens (tertiary/aromatic N) is 1. The molecule has 48 valence electrons. The van der Waals surface area contributed by atoms with Crippen molar-refractivity contribution in [3.8, 4) is 0 Å². The Kier molecular flexibility index (Phi) is 1.44. The van der Waals surface area contributed by atoms with Crippen molar-refractivity contribution in [1.29, 1.82) is 0 Å². The maximum Gasteiger partial charge on any atom is 0.209 e. The van der Waals surface area contributed by atoms with Crippen LogP contribution in [0.25, 0.3) is 0 Å². The number of carbonyl (C=O) groups excluding carboxylic acids is 1. The zero-order valence-corrected chi connectivity index (χ0v) is 5.03. The molecule has 0 aromatic carbocycles. The lowest BCUT2D eigenvalue weighted by Gasteiger charge is -2.05. The Labute approximate surface area is 52.7 Å². The Morgan fingerprint density at radius 2 is 2.44 bits per heavy atom. The molecule has 0 aromatic heterocycles. The molecule has 0 aliphatic carbocycles. The van der Waals surface area contributed by atoms with Gasteiger partial charge in [0.05, 0.1) is 5.71 Å². The Bertz CT molecular complexity index is 193. The molecule has 3 nitrogen and oxygen atoms in total. The fourth-order valence-corrected chi connectivity index (χ4v) is 0.601. The molecule has 1 heterocycles. The Hall–Kier alpha value is -0.960. The predicted molar refractivity (Wildman–Crippen MR) is 33.3 cm³/mol. The highest BCUT2D eigenvalue weighted by Gasteiger charge is 2.16. The molecule has 0 bridgehead atoms. The second-order valence-corrected chi connectivity index (χ2v) is 1.87. The van der Waals surface area contributed by atoms with Gasteiger partial charge in [-0.1, -0.05) is 0 Å². The summed E-state index contributed by atoms with van der Waals surface area (Å²) in [6.07, 6.45) is 1.82. The molecule has 9 heavy (non-hydrogen) atoms. The topological polar surface area (TPSA) is 49.7 Å². The van der Waals surface area contributed by atoms with E-state index in [0.29, 0.717) is 5.71 Å². The minimum absolute atomic E-state index is 0.308. The molecule has 1 N–H and O–H groups in total. The van der Waals surface area contributed by atoms with Crippen LogP contribution in [0, 0.1) is 0 Å². The highest BCUT2D eigenvalue weighted by Crippen LogP contribution is 1.98. The molecule has 0 spiro atoms. The van der Waals surface area contributed by atoms with E-state index in [1.807, 2.05) is 0 Å². The van der Waals surface area contributed by atoms with Crippen LogP contribution in [0.15, 0.2) is 17.3 Å². The number of ketones is 1. The van der Waals surface area contributed by atoms with Gasteiger partial charge in [-0.2, -0.15) is 0 Å². The van der Waals surface area contributed by atoms with E-state index in [2.05, 4.69) is 4.99 Å². The van der Waals surface area contributed by atoms with E-state index in [9.17, 15) is 4.79 Å². The zero-order chi connectivity index (χ0) is 6.85. The molecule has 1 aliphatic heterocycles. The minimum Gasteiger partial charge on any atom is -0.381 e. The molecule has 0 fully saturated rings. The molecule has 1 unspecified atom stereocenters. The summed E-state index contributed by atoms with van der Waals surface area (Å²) < 4.78 is 0. The average molecular weight is 125 g/mol. The number of Topliss-reactive ketones (excluding diaryl/α,β-unsaturated/α-hetero) is 1. The van der Waals surface area contributed by atoms with Crippen LogP contribution in [0.5, 0.6) is 0 Å². The van der Waals surface area contributed by atoms with Gasteiger partial charge in [0.15, 0.2) is 0 Å². The fourth-order valence-electron chi connectivity index (χ4n) is 0.601. The molecule has 0 saturated heterocycles. The maximum atomic E-state index is 10.7. The van der Waals surface area contributed by atoms with Crippen molar-refractivity contribution in [2.24, 2.45) is 4.99 Å². The quantitative estimate of drug-likeness (QED) is 0.491. The summed E-state index contributed by atoms with van der Waals surface area (Å²) in [7, 11) is 0. The molecule has 3 heteroatoms. The molecule has 0 aromatic rings. The first-order valence-corrected chi connectivity index (χ1v) is 2.65. The molecule has 1 rings (SSSR count). The first-order valence-electron chi connectivity index (χ1n) is 2.65. The fraction of sp³-hybridized carbons (Fsp3) is 0.333. The van der Waals surface area contributed by atoms with Gasteiger partial charge in [-0.25, -0.2) is 0 Å². The van der Waals surface area contributed by atoms with Gasteiger partial charge in [-0.3, -0.25) is 9.79 Å².